The quantitative estimate of drug-likeness (QED) is 0.732. The predicted octanol–water partition coefficient (Wildman–Crippen LogP) is 5.21. The predicted molar refractivity (Wildman–Crippen MR) is 107 cm³/mol. The molecule has 142 valence electrons. The van der Waals surface area contributed by atoms with Gasteiger partial charge in [0.05, 0.1) is 0 Å². The fourth-order valence-corrected chi connectivity index (χ4v) is 6.10. The lowest BCUT2D eigenvalue weighted by molar-refractivity contribution is 0.140. The van der Waals surface area contributed by atoms with E-state index in [1.165, 1.54) is 44.2 Å². The number of hydrogen-bond acceptors (Lipinski definition) is 2. The number of rotatable bonds is 2. The van der Waals surface area contributed by atoms with Gasteiger partial charge in [-0.05, 0) is 99.6 Å². The molecule has 5 rings (SSSR count). The first-order chi connectivity index (χ1) is 12.7. The summed E-state index contributed by atoms with van der Waals surface area (Å²) in [5, 5.41) is 3.52. The molecule has 0 radical (unpaired) electrons. The van der Waals surface area contributed by atoms with Gasteiger partial charge < -0.3 is 10.2 Å². The van der Waals surface area contributed by atoms with E-state index < -0.39 is 0 Å². The van der Waals surface area contributed by atoms with Crippen LogP contribution in [0.3, 0.4) is 0 Å². The first kappa shape index (κ1) is 16.8. The zero-order valence-electron chi connectivity index (χ0n) is 15.7. The van der Waals surface area contributed by atoms with Gasteiger partial charge in [0.1, 0.15) is 5.82 Å². The fourth-order valence-electron chi connectivity index (χ4n) is 6.10. The van der Waals surface area contributed by atoms with E-state index >= 15 is 0 Å². The minimum absolute atomic E-state index is 0. The number of likely N-dealkylation sites (tertiary alicyclic amines) is 1. The van der Waals surface area contributed by atoms with Crippen LogP contribution in [0.1, 0.15) is 51.9 Å². The highest BCUT2D eigenvalue weighted by molar-refractivity contribution is 5.60. The van der Waals surface area contributed by atoms with Crippen molar-refractivity contribution < 1.29 is 5.82 Å². The Bertz CT molecular complexity index is 696. The van der Waals surface area contributed by atoms with E-state index in [0.29, 0.717) is 0 Å². The molecule has 1 saturated carbocycles. The van der Waals surface area contributed by atoms with E-state index in [9.17, 15) is 4.39 Å². The SMILES string of the molecule is Fc1ccc2c(c1)C1(CCN(C[C@@H]3CC[C@H]4CC=C[C@@H](C4)C3)CC1)CN2.[HH]. The van der Waals surface area contributed by atoms with Crippen molar-refractivity contribution in [3.8, 4) is 0 Å². The molecule has 2 heterocycles. The maximum Gasteiger partial charge on any atom is 0.123 e. The van der Waals surface area contributed by atoms with Crippen molar-refractivity contribution >= 4 is 5.69 Å². The summed E-state index contributed by atoms with van der Waals surface area (Å²) in [6.07, 6.45) is 14.3. The normalized spacial score (nSPS) is 32.9. The molecule has 4 aliphatic rings. The summed E-state index contributed by atoms with van der Waals surface area (Å²) in [4.78, 5) is 2.70. The highest BCUT2D eigenvalue weighted by atomic mass is 19.1. The zero-order valence-corrected chi connectivity index (χ0v) is 15.7. The summed E-state index contributed by atoms with van der Waals surface area (Å²) in [6.45, 7) is 4.59. The Labute approximate surface area is 158 Å². The van der Waals surface area contributed by atoms with Crippen LogP contribution in [0.5, 0.6) is 0 Å². The molecular formula is C23H33FN2. The lowest BCUT2D eigenvalue weighted by Gasteiger charge is -2.40. The van der Waals surface area contributed by atoms with Gasteiger partial charge in [-0.15, -0.1) is 0 Å². The third-order valence-corrected chi connectivity index (χ3v) is 7.63. The molecule has 26 heavy (non-hydrogen) atoms. The molecule has 0 amide bonds. The van der Waals surface area contributed by atoms with E-state index in [2.05, 4.69) is 22.4 Å². The largest absolute Gasteiger partial charge is 0.384 e. The summed E-state index contributed by atoms with van der Waals surface area (Å²) in [5.74, 6) is 2.57. The molecule has 1 aromatic rings. The first-order valence-corrected chi connectivity index (χ1v) is 10.6. The Morgan fingerprint density at radius 3 is 2.96 bits per heavy atom. The number of anilines is 1. The van der Waals surface area contributed by atoms with Crippen LogP contribution >= 0.6 is 0 Å². The Morgan fingerprint density at radius 2 is 2.08 bits per heavy atom. The van der Waals surface area contributed by atoms with Gasteiger partial charge in [0.2, 0.25) is 0 Å². The van der Waals surface area contributed by atoms with E-state index in [-0.39, 0.29) is 12.7 Å². The van der Waals surface area contributed by atoms with E-state index in [0.717, 1.165) is 55.9 Å². The number of nitrogens with zero attached hydrogens (tertiary/aromatic N) is 1. The second-order valence-corrected chi connectivity index (χ2v) is 9.33. The Balaban J connectivity index is 0.00000180. The average Bonchev–Trinajstić information content (AvgIpc) is 2.92. The third kappa shape index (κ3) is 3.09. The van der Waals surface area contributed by atoms with E-state index in [4.69, 9.17) is 0 Å². The lowest BCUT2D eigenvalue weighted by atomic mass is 9.74. The Kier molecular flexibility index (Phi) is 4.31. The van der Waals surface area contributed by atoms with E-state index in [1.807, 2.05) is 6.07 Å². The summed E-state index contributed by atoms with van der Waals surface area (Å²) in [5.41, 5.74) is 2.55. The van der Waals surface area contributed by atoms with Gasteiger partial charge in [-0.25, -0.2) is 4.39 Å². The molecule has 1 N–H and O–H groups in total. The highest BCUT2D eigenvalue weighted by Crippen LogP contribution is 2.45. The van der Waals surface area contributed by atoms with Crippen LogP contribution in [0.15, 0.2) is 30.4 Å². The molecular weight excluding hydrogens is 323 g/mol. The number of fused-ring (bicyclic) bond motifs is 4. The molecule has 1 spiro atoms. The Hall–Kier alpha value is -1.35. The van der Waals surface area contributed by atoms with Gasteiger partial charge >= 0.3 is 0 Å². The molecule has 2 bridgehead atoms. The highest BCUT2D eigenvalue weighted by Gasteiger charge is 2.42. The van der Waals surface area contributed by atoms with Crippen molar-refractivity contribution in [2.75, 3.05) is 31.5 Å². The van der Waals surface area contributed by atoms with Crippen LogP contribution in [0.2, 0.25) is 0 Å². The van der Waals surface area contributed by atoms with Gasteiger partial charge in [-0.1, -0.05) is 12.2 Å². The first-order valence-electron chi connectivity index (χ1n) is 10.6. The second-order valence-electron chi connectivity index (χ2n) is 9.33. The second kappa shape index (κ2) is 6.67. The number of piperidine rings is 1. The smallest absolute Gasteiger partial charge is 0.123 e. The van der Waals surface area contributed by atoms with Crippen LogP contribution < -0.4 is 5.32 Å². The minimum atomic E-state index is -0.0908. The van der Waals surface area contributed by atoms with Crippen molar-refractivity contribution in [2.24, 2.45) is 17.8 Å². The van der Waals surface area contributed by atoms with Crippen molar-refractivity contribution in [3.63, 3.8) is 0 Å². The summed E-state index contributed by atoms with van der Waals surface area (Å²) in [6, 6.07) is 5.28. The van der Waals surface area contributed by atoms with Gasteiger partial charge in [0.25, 0.3) is 0 Å². The van der Waals surface area contributed by atoms with E-state index in [1.54, 1.807) is 12.1 Å². The monoisotopic (exact) mass is 356 g/mol. The number of hydrogen-bond donors (Lipinski definition) is 1. The van der Waals surface area contributed by atoms with Gasteiger partial charge in [-0.3, -0.25) is 0 Å². The number of allylic oxidation sites excluding steroid dienone is 2. The maximum absolute atomic E-state index is 13.8. The fraction of sp³-hybridized carbons (Fsp3) is 0.652. The number of halogens is 1. The number of nitrogens with one attached hydrogen (secondary N) is 1. The van der Waals surface area contributed by atoms with Gasteiger partial charge in [-0.2, -0.15) is 0 Å². The topological polar surface area (TPSA) is 15.3 Å². The molecule has 1 saturated heterocycles. The average molecular weight is 357 g/mol. The summed E-state index contributed by atoms with van der Waals surface area (Å²) in [7, 11) is 0. The van der Waals surface area contributed by atoms with Crippen LogP contribution in [-0.2, 0) is 5.41 Å². The van der Waals surface area contributed by atoms with Crippen LogP contribution in [0.4, 0.5) is 10.1 Å². The van der Waals surface area contributed by atoms with Crippen LogP contribution in [-0.4, -0.2) is 31.1 Å². The molecule has 3 atom stereocenters. The molecule has 2 fully saturated rings. The molecule has 2 aliphatic carbocycles. The van der Waals surface area contributed by atoms with Crippen LogP contribution in [0.25, 0.3) is 0 Å². The van der Waals surface area contributed by atoms with Crippen LogP contribution in [0, 0.1) is 23.6 Å². The molecule has 3 heteroatoms. The molecule has 2 nitrogen and oxygen atoms in total. The standard InChI is InChI=1S/C23H31FN2.H2/c24-20-6-7-22-21(14-20)23(16-25-22)8-10-26(11-9-23)15-19-5-4-17-2-1-3-18(12-17)13-19;/h1,3,6-7,14,17-19,25H,2,4-5,8-13,15-16H2;1H/t17-,18+,19-;/m1./s1. The van der Waals surface area contributed by atoms with Crippen molar-refractivity contribution in [3.05, 3.63) is 41.7 Å². The molecule has 2 aliphatic heterocycles. The maximum atomic E-state index is 13.8. The minimum Gasteiger partial charge on any atom is -0.384 e. The Morgan fingerprint density at radius 1 is 1.19 bits per heavy atom. The number of benzene rings is 1. The molecule has 1 aromatic carbocycles. The summed E-state index contributed by atoms with van der Waals surface area (Å²) < 4.78 is 13.8. The molecule has 0 unspecified atom stereocenters. The zero-order chi connectivity index (χ0) is 17.6. The van der Waals surface area contributed by atoms with Crippen molar-refractivity contribution in [2.45, 2.75) is 50.4 Å². The van der Waals surface area contributed by atoms with Crippen molar-refractivity contribution in [1.29, 1.82) is 0 Å². The molecule has 0 aromatic heterocycles. The van der Waals surface area contributed by atoms with Gasteiger partial charge in [0.15, 0.2) is 0 Å². The third-order valence-electron chi connectivity index (χ3n) is 7.63. The lowest BCUT2D eigenvalue weighted by Crippen LogP contribution is -2.45. The summed E-state index contributed by atoms with van der Waals surface area (Å²) >= 11 is 0. The van der Waals surface area contributed by atoms with Gasteiger partial charge in [0, 0.05) is 25.6 Å². The van der Waals surface area contributed by atoms with Crippen molar-refractivity contribution in [1.82, 2.24) is 4.90 Å².